The van der Waals surface area contributed by atoms with E-state index < -0.39 is 18.0 Å². The number of ketones is 1. The molecule has 1 amide bonds. The average Bonchev–Trinajstić information content (AvgIpc) is 3.21. The summed E-state index contributed by atoms with van der Waals surface area (Å²) in [6.45, 7) is 3.63. The van der Waals surface area contributed by atoms with Gasteiger partial charge >= 0.3 is 5.97 Å². The minimum absolute atomic E-state index is 0.0500. The first-order valence-electron chi connectivity index (χ1n) is 7.55. The molecule has 0 saturated carbocycles. The van der Waals surface area contributed by atoms with E-state index in [-0.39, 0.29) is 25.2 Å². The van der Waals surface area contributed by atoms with Crippen LogP contribution in [0.1, 0.15) is 40.1 Å². The van der Waals surface area contributed by atoms with Gasteiger partial charge in [0.25, 0.3) is 5.91 Å². The lowest BCUT2D eigenvalue weighted by atomic mass is 10.2. The minimum Gasteiger partial charge on any atom is -0.467 e. The molecule has 1 atom stereocenters. The van der Waals surface area contributed by atoms with Gasteiger partial charge in [0, 0.05) is 11.3 Å². The Morgan fingerprint density at radius 1 is 1.25 bits per heavy atom. The molecule has 2 aromatic heterocycles. The van der Waals surface area contributed by atoms with Gasteiger partial charge in [0.05, 0.1) is 24.1 Å². The third-order valence-electron chi connectivity index (χ3n) is 3.27. The van der Waals surface area contributed by atoms with Crippen LogP contribution in [-0.4, -0.2) is 23.8 Å². The largest absolute Gasteiger partial charge is 0.467 e. The predicted molar refractivity (Wildman–Crippen MR) is 88.7 cm³/mol. The third kappa shape index (κ3) is 5.34. The van der Waals surface area contributed by atoms with Crippen molar-refractivity contribution in [2.24, 2.45) is 0 Å². The Morgan fingerprint density at radius 2 is 2.04 bits per heavy atom. The summed E-state index contributed by atoms with van der Waals surface area (Å²) in [4.78, 5) is 37.2. The molecule has 0 bridgehead atoms. The van der Waals surface area contributed by atoms with Crippen LogP contribution in [0.15, 0.2) is 34.9 Å². The van der Waals surface area contributed by atoms with E-state index in [2.05, 4.69) is 5.32 Å². The standard InChI is InChI=1S/C17H19NO5S/c1-11-5-7-15(24-11)14(19)6-8-16(20)23-12(2)17(21)18-10-13-4-3-9-22-13/h3-5,7,9,12H,6,8,10H2,1-2H3,(H,18,21)/t12-/m0/s1. The quantitative estimate of drug-likeness (QED) is 0.585. The lowest BCUT2D eigenvalue weighted by molar-refractivity contribution is -0.154. The number of aryl methyl sites for hydroxylation is 1. The second kappa shape index (κ2) is 8.44. The van der Waals surface area contributed by atoms with Crippen LogP contribution in [0, 0.1) is 6.92 Å². The van der Waals surface area contributed by atoms with Crippen LogP contribution >= 0.6 is 11.3 Å². The molecule has 6 nitrogen and oxygen atoms in total. The zero-order valence-electron chi connectivity index (χ0n) is 13.5. The maximum atomic E-state index is 11.9. The Bertz CT molecular complexity index is 704. The van der Waals surface area contributed by atoms with Crippen LogP contribution in [-0.2, 0) is 20.9 Å². The molecule has 0 unspecified atom stereocenters. The van der Waals surface area contributed by atoms with Gasteiger partial charge in [-0.25, -0.2) is 0 Å². The first-order valence-corrected chi connectivity index (χ1v) is 8.36. The molecule has 2 rings (SSSR count). The van der Waals surface area contributed by atoms with Gasteiger partial charge in [-0.1, -0.05) is 0 Å². The van der Waals surface area contributed by atoms with Gasteiger partial charge in [-0.05, 0) is 38.1 Å². The summed E-state index contributed by atoms with van der Waals surface area (Å²) < 4.78 is 10.1. The molecular formula is C17H19NO5S. The van der Waals surface area contributed by atoms with Gasteiger partial charge in [-0.3, -0.25) is 14.4 Å². The Kier molecular flexibility index (Phi) is 6.31. The molecule has 0 fully saturated rings. The van der Waals surface area contributed by atoms with Crippen molar-refractivity contribution in [3.8, 4) is 0 Å². The van der Waals surface area contributed by atoms with Gasteiger partial charge in [0.15, 0.2) is 11.9 Å². The second-order valence-corrected chi connectivity index (χ2v) is 6.55. The van der Waals surface area contributed by atoms with Gasteiger partial charge in [0.2, 0.25) is 0 Å². The highest BCUT2D eigenvalue weighted by atomic mass is 32.1. The van der Waals surface area contributed by atoms with Crippen LogP contribution in [0.3, 0.4) is 0 Å². The number of hydrogen-bond acceptors (Lipinski definition) is 6. The molecule has 0 aromatic carbocycles. The number of hydrogen-bond donors (Lipinski definition) is 1. The van der Waals surface area contributed by atoms with E-state index >= 15 is 0 Å². The van der Waals surface area contributed by atoms with Crippen LogP contribution < -0.4 is 5.32 Å². The first-order chi connectivity index (χ1) is 11.5. The highest BCUT2D eigenvalue weighted by molar-refractivity contribution is 7.14. The number of carbonyl (C=O) groups is 3. The van der Waals surface area contributed by atoms with Gasteiger partial charge in [-0.2, -0.15) is 0 Å². The summed E-state index contributed by atoms with van der Waals surface area (Å²) in [5.74, 6) is -0.476. The maximum Gasteiger partial charge on any atom is 0.307 e. The topological polar surface area (TPSA) is 85.6 Å². The maximum absolute atomic E-state index is 11.9. The number of nitrogens with one attached hydrogen (secondary N) is 1. The van der Waals surface area contributed by atoms with E-state index in [1.165, 1.54) is 24.5 Å². The number of thiophene rings is 1. The molecule has 0 spiro atoms. The Balaban J connectivity index is 1.70. The summed E-state index contributed by atoms with van der Waals surface area (Å²) in [6, 6.07) is 7.06. The summed E-state index contributed by atoms with van der Waals surface area (Å²) in [6.07, 6.45) is 0.605. The Hall–Kier alpha value is -2.41. The predicted octanol–water partition coefficient (Wildman–Crippen LogP) is 2.86. The van der Waals surface area contributed by atoms with Crippen molar-refractivity contribution in [1.29, 1.82) is 0 Å². The van der Waals surface area contributed by atoms with Crippen molar-refractivity contribution in [3.05, 3.63) is 46.0 Å². The minimum atomic E-state index is -0.924. The summed E-state index contributed by atoms with van der Waals surface area (Å²) in [5.41, 5.74) is 0. The van der Waals surface area contributed by atoms with Gasteiger partial charge in [0.1, 0.15) is 5.76 Å². The fourth-order valence-electron chi connectivity index (χ4n) is 1.96. The molecule has 2 heterocycles. The molecule has 128 valence electrons. The number of esters is 1. The van der Waals surface area contributed by atoms with E-state index in [9.17, 15) is 14.4 Å². The molecule has 0 radical (unpaired) electrons. The monoisotopic (exact) mass is 349 g/mol. The third-order valence-corrected chi connectivity index (χ3v) is 4.31. The van der Waals surface area contributed by atoms with Crippen LogP contribution in [0.5, 0.6) is 0 Å². The number of amides is 1. The van der Waals surface area contributed by atoms with E-state index in [4.69, 9.17) is 9.15 Å². The van der Waals surface area contributed by atoms with Gasteiger partial charge in [-0.15, -0.1) is 11.3 Å². The molecule has 0 aliphatic rings. The summed E-state index contributed by atoms with van der Waals surface area (Å²) >= 11 is 1.40. The van der Waals surface area contributed by atoms with E-state index in [0.29, 0.717) is 10.6 Å². The highest BCUT2D eigenvalue weighted by Crippen LogP contribution is 2.17. The van der Waals surface area contributed by atoms with Crippen molar-refractivity contribution < 1.29 is 23.5 Å². The zero-order chi connectivity index (χ0) is 17.5. The molecule has 0 aliphatic carbocycles. The number of carbonyl (C=O) groups excluding carboxylic acids is 3. The number of furan rings is 1. The fraction of sp³-hybridized carbons (Fsp3) is 0.353. The molecule has 0 aliphatic heterocycles. The van der Waals surface area contributed by atoms with Gasteiger partial charge < -0.3 is 14.5 Å². The van der Waals surface area contributed by atoms with Crippen molar-refractivity contribution in [3.63, 3.8) is 0 Å². The van der Waals surface area contributed by atoms with Crippen molar-refractivity contribution in [2.45, 2.75) is 39.3 Å². The zero-order valence-corrected chi connectivity index (χ0v) is 14.4. The number of rotatable bonds is 8. The molecule has 2 aromatic rings. The Morgan fingerprint density at radius 3 is 2.67 bits per heavy atom. The SMILES string of the molecule is Cc1ccc(C(=O)CCC(=O)O[C@@H](C)C(=O)NCc2ccco2)s1. The highest BCUT2D eigenvalue weighted by Gasteiger charge is 2.19. The second-order valence-electron chi connectivity index (χ2n) is 5.26. The van der Waals surface area contributed by atoms with E-state index in [0.717, 1.165) is 4.88 Å². The molecular weight excluding hydrogens is 330 g/mol. The van der Waals surface area contributed by atoms with E-state index in [1.807, 2.05) is 13.0 Å². The number of Topliss-reactive ketones (excluding diaryl/α,β-unsaturated/α-hetero) is 1. The Labute approximate surface area is 143 Å². The first kappa shape index (κ1) is 17.9. The van der Waals surface area contributed by atoms with Crippen LogP contribution in [0.2, 0.25) is 0 Å². The van der Waals surface area contributed by atoms with Crippen molar-refractivity contribution in [1.82, 2.24) is 5.32 Å². The average molecular weight is 349 g/mol. The fourth-order valence-corrected chi connectivity index (χ4v) is 2.80. The molecule has 0 saturated heterocycles. The lowest BCUT2D eigenvalue weighted by Crippen LogP contribution is -2.35. The smallest absolute Gasteiger partial charge is 0.307 e. The summed E-state index contributed by atoms with van der Waals surface area (Å²) in [7, 11) is 0. The molecule has 7 heteroatoms. The normalized spacial score (nSPS) is 11.8. The van der Waals surface area contributed by atoms with Crippen molar-refractivity contribution in [2.75, 3.05) is 0 Å². The van der Waals surface area contributed by atoms with Crippen LogP contribution in [0.25, 0.3) is 0 Å². The molecule has 1 N–H and O–H groups in total. The molecule has 24 heavy (non-hydrogen) atoms. The van der Waals surface area contributed by atoms with Crippen molar-refractivity contribution >= 4 is 29.0 Å². The van der Waals surface area contributed by atoms with E-state index in [1.54, 1.807) is 18.2 Å². The van der Waals surface area contributed by atoms with Crippen LogP contribution in [0.4, 0.5) is 0 Å². The lowest BCUT2D eigenvalue weighted by Gasteiger charge is -2.12. The summed E-state index contributed by atoms with van der Waals surface area (Å²) in [5, 5.41) is 2.61. The number of ether oxygens (including phenoxy) is 1.